The van der Waals surface area contributed by atoms with Gasteiger partial charge < -0.3 is 20.1 Å². The average molecular weight is 327 g/mol. The van der Waals surface area contributed by atoms with Crippen LogP contribution in [0.15, 0.2) is 0 Å². The summed E-state index contributed by atoms with van der Waals surface area (Å²) >= 11 is 0. The third kappa shape index (κ3) is 4.34. The molecule has 2 aliphatic rings. The number of amides is 2. The predicted molar refractivity (Wildman–Crippen MR) is 82.0 cm³/mol. The van der Waals surface area contributed by atoms with E-state index in [9.17, 15) is 19.5 Å². The van der Waals surface area contributed by atoms with Gasteiger partial charge in [0.2, 0.25) is 5.91 Å². The van der Waals surface area contributed by atoms with Crippen LogP contribution in [-0.4, -0.2) is 76.7 Å². The van der Waals surface area contributed by atoms with E-state index in [0.29, 0.717) is 6.54 Å². The van der Waals surface area contributed by atoms with Crippen molar-refractivity contribution in [3.63, 3.8) is 0 Å². The minimum absolute atomic E-state index is 0.00899. The molecule has 8 nitrogen and oxygen atoms in total. The van der Waals surface area contributed by atoms with Crippen molar-refractivity contribution in [3.05, 3.63) is 0 Å². The average Bonchev–Trinajstić information content (AvgIpc) is 2.68. The Balaban J connectivity index is 1.95. The lowest BCUT2D eigenvalue weighted by atomic mass is 9.99. The fourth-order valence-corrected chi connectivity index (χ4v) is 2.71. The van der Waals surface area contributed by atoms with Crippen molar-refractivity contribution in [2.24, 2.45) is 0 Å². The molecule has 0 aromatic heterocycles. The number of nitrogens with zero attached hydrogens (tertiary/aromatic N) is 2. The van der Waals surface area contributed by atoms with Gasteiger partial charge in [-0.05, 0) is 33.6 Å². The zero-order valence-electron chi connectivity index (χ0n) is 13.9. The van der Waals surface area contributed by atoms with E-state index in [1.807, 2.05) is 0 Å². The fraction of sp³-hybridized carbons (Fsp3) is 0.800. The van der Waals surface area contributed by atoms with E-state index in [0.717, 1.165) is 19.5 Å². The first-order valence-electron chi connectivity index (χ1n) is 7.86. The van der Waals surface area contributed by atoms with Crippen LogP contribution in [0.25, 0.3) is 0 Å². The smallest absolute Gasteiger partial charge is 0.408 e. The van der Waals surface area contributed by atoms with Crippen molar-refractivity contribution in [1.29, 1.82) is 0 Å². The minimum atomic E-state index is -1.41. The van der Waals surface area contributed by atoms with Crippen LogP contribution in [0.5, 0.6) is 0 Å². The lowest BCUT2D eigenvalue weighted by molar-refractivity contribution is -0.145. The number of likely N-dealkylation sites (tertiary alicyclic amines) is 2. The number of rotatable bonds is 4. The molecular weight excluding hydrogens is 302 g/mol. The number of carboxylic acids is 1. The Bertz CT molecular complexity index is 498. The monoisotopic (exact) mass is 327 g/mol. The van der Waals surface area contributed by atoms with Gasteiger partial charge in [-0.2, -0.15) is 0 Å². The number of aliphatic carboxylic acids is 1. The van der Waals surface area contributed by atoms with Gasteiger partial charge in [0, 0.05) is 26.2 Å². The summed E-state index contributed by atoms with van der Waals surface area (Å²) in [5, 5.41) is 12.0. The second kappa shape index (κ2) is 6.35. The summed E-state index contributed by atoms with van der Waals surface area (Å²) in [6, 6.07) is 0. The Morgan fingerprint density at radius 2 is 1.87 bits per heavy atom. The highest BCUT2D eigenvalue weighted by atomic mass is 16.6. The van der Waals surface area contributed by atoms with Crippen molar-refractivity contribution in [2.45, 2.75) is 44.8 Å². The Labute approximate surface area is 135 Å². The minimum Gasteiger partial charge on any atom is -0.479 e. The second-order valence-electron chi connectivity index (χ2n) is 7.21. The Kier molecular flexibility index (Phi) is 4.84. The number of carboxylic acid groups (broad SMARTS) is 1. The third-order valence-corrected chi connectivity index (χ3v) is 4.07. The first-order chi connectivity index (χ1) is 10.6. The van der Waals surface area contributed by atoms with Crippen LogP contribution < -0.4 is 5.32 Å². The van der Waals surface area contributed by atoms with E-state index < -0.39 is 23.2 Å². The standard InChI is InChI=1S/C15H25N3O5/c1-14(2,3)23-13(22)16-15(12(20)21)5-8-17(10-15)9-11(19)18-6-4-7-18/h4-10H2,1-3H3,(H,16,22)(H,20,21). The molecule has 0 aromatic rings. The van der Waals surface area contributed by atoms with E-state index in [4.69, 9.17) is 4.74 Å². The van der Waals surface area contributed by atoms with Crippen molar-refractivity contribution in [1.82, 2.24) is 15.1 Å². The maximum atomic E-state index is 12.0. The highest BCUT2D eigenvalue weighted by Gasteiger charge is 2.47. The molecule has 8 heteroatoms. The summed E-state index contributed by atoms with van der Waals surface area (Å²) < 4.78 is 5.15. The summed E-state index contributed by atoms with van der Waals surface area (Å²) in [6.07, 6.45) is 0.510. The predicted octanol–water partition coefficient (Wildman–Crippen LogP) is 0.273. The molecule has 130 valence electrons. The first kappa shape index (κ1) is 17.5. The van der Waals surface area contributed by atoms with Crippen LogP contribution in [-0.2, 0) is 14.3 Å². The fourth-order valence-electron chi connectivity index (χ4n) is 2.71. The number of carbonyl (C=O) groups is 3. The summed E-state index contributed by atoms with van der Waals surface area (Å²) in [4.78, 5) is 39.1. The number of nitrogens with one attached hydrogen (secondary N) is 1. The molecule has 0 spiro atoms. The van der Waals surface area contributed by atoms with Gasteiger partial charge in [0.1, 0.15) is 5.60 Å². The molecule has 2 amide bonds. The molecule has 0 saturated carbocycles. The first-order valence-corrected chi connectivity index (χ1v) is 7.86. The normalized spacial score (nSPS) is 24.9. The summed E-state index contributed by atoms with van der Waals surface area (Å²) in [5.41, 5.74) is -2.10. The van der Waals surface area contributed by atoms with Gasteiger partial charge >= 0.3 is 12.1 Å². The van der Waals surface area contributed by atoms with Crippen LogP contribution >= 0.6 is 0 Å². The van der Waals surface area contributed by atoms with Gasteiger partial charge in [-0.15, -0.1) is 0 Å². The Hall–Kier alpha value is -1.83. The summed E-state index contributed by atoms with van der Waals surface area (Å²) in [5.74, 6) is -1.10. The lowest BCUT2D eigenvalue weighted by Gasteiger charge is -2.33. The molecule has 23 heavy (non-hydrogen) atoms. The van der Waals surface area contributed by atoms with Crippen LogP contribution in [0, 0.1) is 0 Å². The number of alkyl carbamates (subject to hydrolysis) is 1. The Morgan fingerprint density at radius 3 is 2.35 bits per heavy atom. The largest absolute Gasteiger partial charge is 0.479 e. The van der Waals surface area contributed by atoms with E-state index in [-0.39, 0.29) is 25.4 Å². The second-order valence-corrected chi connectivity index (χ2v) is 7.21. The molecule has 0 bridgehead atoms. The Morgan fingerprint density at radius 1 is 1.22 bits per heavy atom. The van der Waals surface area contributed by atoms with Gasteiger partial charge in [-0.1, -0.05) is 0 Å². The van der Waals surface area contributed by atoms with Gasteiger partial charge in [0.05, 0.1) is 6.54 Å². The molecule has 1 atom stereocenters. The van der Waals surface area contributed by atoms with Crippen LogP contribution in [0.1, 0.15) is 33.6 Å². The van der Waals surface area contributed by atoms with E-state index in [1.54, 1.807) is 30.6 Å². The van der Waals surface area contributed by atoms with Gasteiger partial charge in [0.15, 0.2) is 5.54 Å². The molecule has 2 aliphatic heterocycles. The maximum absolute atomic E-state index is 12.0. The number of ether oxygens (including phenoxy) is 1. The molecule has 2 heterocycles. The topological polar surface area (TPSA) is 99.2 Å². The molecule has 0 aromatic carbocycles. The van der Waals surface area contributed by atoms with Crippen LogP contribution in [0.3, 0.4) is 0 Å². The molecule has 2 fully saturated rings. The third-order valence-electron chi connectivity index (χ3n) is 4.07. The van der Waals surface area contributed by atoms with Crippen molar-refractivity contribution in [2.75, 3.05) is 32.7 Å². The van der Waals surface area contributed by atoms with E-state index >= 15 is 0 Å². The molecule has 0 aliphatic carbocycles. The van der Waals surface area contributed by atoms with Crippen molar-refractivity contribution < 1.29 is 24.2 Å². The summed E-state index contributed by atoms with van der Waals surface area (Å²) in [7, 11) is 0. The molecule has 0 radical (unpaired) electrons. The van der Waals surface area contributed by atoms with Crippen LogP contribution in [0.4, 0.5) is 4.79 Å². The van der Waals surface area contributed by atoms with Crippen molar-refractivity contribution >= 4 is 18.0 Å². The van der Waals surface area contributed by atoms with Gasteiger partial charge in [0.25, 0.3) is 0 Å². The van der Waals surface area contributed by atoms with E-state index in [1.165, 1.54) is 0 Å². The lowest BCUT2D eigenvalue weighted by Crippen LogP contribution is -2.57. The molecule has 2 rings (SSSR count). The zero-order valence-corrected chi connectivity index (χ0v) is 13.9. The zero-order chi connectivity index (χ0) is 17.3. The van der Waals surface area contributed by atoms with Crippen LogP contribution in [0.2, 0.25) is 0 Å². The SMILES string of the molecule is CC(C)(C)OC(=O)NC1(C(=O)O)CCN(CC(=O)N2CCC2)C1. The molecular formula is C15H25N3O5. The van der Waals surface area contributed by atoms with Gasteiger partial charge in [-0.25, -0.2) is 9.59 Å². The highest BCUT2D eigenvalue weighted by Crippen LogP contribution is 2.23. The summed E-state index contributed by atoms with van der Waals surface area (Å²) in [6.45, 7) is 7.42. The number of hydrogen-bond donors (Lipinski definition) is 2. The molecule has 2 saturated heterocycles. The maximum Gasteiger partial charge on any atom is 0.408 e. The number of carbonyl (C=O) groups excluding carboxylic acids is 2. The highest BCUT2D eigenvalue weighted by molar-refractivity contribution is 5.85. The number of hydrogen-bond acceptors (Lipinski definition) is 5. The van der Waals surface area contributed by atoms with Gasteiger partial charge in [-0.3, -0.25) is 9.69 Å². The molecule has 2 N–H and O–H groups in total. The molecule has 1 unspecified atom stereocenters. The van der Waals surface area contributed by atoms with E-state index in [2.05, 4.69) is 5.32 Å². The van der Waals surface area contributed by atoms with Crippen molar-refractivity contribution in [3.8, 4) is 0 Å². The quantitative estimate of drug-likeness (QED) is 0.769.